The molecule has 2 heterocycles. The van der Waals surface area contributed by atoms with Crippen LogP contribution >= 0.6 is 0 Å². The highest BCUT2D eigenvalue weighted by atomic mass is 16.5. The van der Waals surface area contributed by atoms with E-state index in [1.807, 2.05) is 0 Å². The molecule has 0 saturated carbocycles. The minimum Gasteiger partial charge on any atom is -0.381 e. The number of benzene rings is 1. The Bertz CT molecular complexity index is 535. The molecule has 1 unspecified atom stereocenters. The third kappa shape index (κ3) is 3.97. The van der Waals surface area contributed by atoms with Gasteiger partial charge in [-0.3, -0.25) is 9.69 Å². The molecule has 5 nitrogen and oxygen atoms in total. The summed E-state index contributed by atoms with van der Waals surface area (Å²) in [4.78, 5) is 15.0. The number of rotatable bonds is 4. The van der Waals surface area contributed by atoms with Gasteiger partial charge in [-0.05, 0) is 38.2 Å². The van der Waals surface area contributed by atoms with Crippen LogP contribution in [0.15, 0.2) is 30.3 Å². The first-order chi connectivity index (χ1) is 11.6. The molecule has 0 radical (unpaired) electrons. The number of hydrogen-bond donors (Lipinski definition) is 2. The number of ether oxygens (including phenoxy) is 1. The number of carbonyl (C=O) groups excluding carboxylic acids is 1. The van der Waals surface area contributed by atoms with Crippen molar-refractivity contribution >= 4 is 5.91 Å². The molecule has 132 valence electrons. The van der Waals surface area contributed by atoms with Crippen molar-refractivity contribution in [2.45, 2.75) is 50.2 Å². The smallest absolute Gasteiger partial charge is 0.240 e. The molecule has 0 aliphatic carbocycles. The zero-order valence-electron chi connectivity index (χ0n) is 14.5. The van der Waals surface area contributed by atoms with Crippen LogP contribution in [0.2, 0.25) is 0 Å². The number of nitrogens with zero attached hydrogens (tertiary/aromatic N) is 1. The van der Waals surface area contributed by atoms with Crippen LogP contribution in [0.5, 0.6) is 0 Å². The van der Waals surface area contributed by atoms with Crippen LogP contribution in [0.1, 0.15) is 44.2 Å². The van der Waals surface area contributed by atoms with Crippen LogP contribution in [0.25, 0.3) is 0 Å². The van der Waals surface area contributed by atoms with Crippen molar-refractivity contribution in [2.24, 2.45) is 5.73 Å². The lowest BCUT2D eigenvalue weighted by Crippen LogP contribution is -2.59. The number of likely N-dealkylation sites (tertiary alicyclic amines) is 1. The Morgan fingerprint density at radius 2 is 1.88 bits per heavy atom. The number of carbonyl (C=O) groups is 1. The van der Waals surface area contributed by atoms with Gasteiger partial charge in [-0.15, -0.1) is 0 Å². The van der Waals surface area contributed by atoms with E-state index in [1.54, 1.807) is 0 Å². The van der Waals surface area contributed by atoms with Gasteiger partial charge in [-0.2, -0.15) is 0 Å². The summed E-state index contributed by atoms with van der Waals surface area (Å²) >= 11 is 0. The molecule has 2 aliphatic rings. The first-order valence-corrected chi connectivity index (χ1v) is 9.05. The van der Waals surface area contributed by atoms with E-state index in [-0.39, 0.29) is 11.9 Å². The topological polar surface area (TPSA) is 67.6 Å². The molecule has 5 heteroatoms. The third-order valence-corrected chi connectivity index (χ3v) is 5.53. The second-order valence-electron chi connectivity index (χ2n) is 7.14. The summed E-state index contributed by atoms with van der Waals surface area (Å²) in [5.41, 5.74) is 6.88. The van der Waals surface area contributed by atoms with Gasteiger partial charge in [0.1, 0.15) is 0 Å². The Hall–Kier alpha value is -1.43. The number of nitrogens with one attached hydrogen (secondary N) is 1. The van der Waals surface area contributed by atoms with Crippen LogP contribution in [-0.4, -0.2) is 48.7 Å². The molecule has 1 amide bonds. The van der Waals surface area contributed by atoms with Crippen molar-refractivity contribution in [1.82, 2.24) is 10.2 Å². The molecule has 3 rings (SSSR count). The Morgan fingerprint density at radius 3 is 2.50 bits per heavy atom. The maximum Gasteiger partial charge on any atom is 0.240 e. The van der Waals surface area contributed by atoms with Crippen molar-refractivity contribution in [1.29, 1.82) is 0 Å². The second-order valence-corrected chi connectivity index (χ2v) is 7.14. The fourth-order valence-corrected chi connectivity index (χ4v) is 3.67. The molecule has 1 aromatic rings. The van der Waals surface area contributed by atoms with E-state index in [1.165, 1.54) is 5.56 Å². The van der Waals surface area contributed by atoms with E-state index in [0.717, 1.165) is 25.9 Å². The van der Waals surface area contributed by atoms with Crippen molar-refractivity contribution in [3.63, 3.8) is 0 Å². The summed E-state index contributed by atoms with van der Waals surface area (Å²) in [6.07, 6.45) is 3.19. The fraction of sp³-hybridized carbons (Fsp3) is 0.632. The van der Waals surface area contributed by atoms with E-state index >= 15 is 0 Å². The Morgan fingerprint density at radius 1 is 1.25 bits per heavy atom. The molecule has 0 aromatic heterocycles. The molecule has 0 bridgehead atoms. The van der Waals surface area contributed by atoms with E-state index in [0.29, 0.717) is 32.1 Å². The zero-order valence-corrected chi connectivity index (χ0v) is 14.5. The highest BCUT2D eigenvalue weighted by molar-refractivity contribution is 5.86. The average Bonchev–Trinajstić information content (AvgIpc) is 2.63. The van der Waals surface area contributed by atoms with Gasteiger partial charge in [0.25, 0.3) is 0 Å². The van der Waals surface area contributed by atoms with Crippen LogP contribution in [0.3, 0.4) is 0 Å². The Balaban J connectivity index is 1.49. The SMILES string of the molecule is CC(c1ccccc1)N1CCC(NC(=O)C2(N)CCOCC2)CC1. The molecule has 2 fully saturated rings. The molecule has 0 spiro atoms. The highest BCUT2D eigenvalue weighted by Crippen LogP contribution is 2.25. The van der Waals surface area contributed by atoms with E-state index in [9.17, 15) is 4.79 Å². The number of amides is 1. The minimum atomic E-state index is -0.743. The highest BCUT2D eigenvalue weighted by Gasteiger charge is 2.37. The predicted molar refractivity (Wildman–Crippen MR) is 94.6 cm³/mol. The molecule has 1 atom stereocenters. The standard InChI is InChI=1S/C19H29N3O2/c1-15(16-5-3-2-4-6-16)22-11-7-17(8-12-22)21-18(23)19(20)9-13-24-14-10-19/h2-6,15,17H,7-14,20H2,1H3,(H,21,23). The Labute approximate surface area is 144 Å². The van der Waals surface area contributed by atoms with Gasteiger partial charge in [-0.25, -0.2) is 0 Å². The number of nitrogens with two attached hydrogens (primary N) is 1. The molecule has 3 N–H and O–H groups in total. The lowest BCUT2D eigenvalue weighted by molar-refractivity contribution is -0.130. The molecule has 2 saturated heterocycles. The Kier molecular flexibility index (Phi) is 5.54. The van der Waals surface area contributed by atoms with Crippen LogP contribution in [-0.2, 0) is 9.53 Å². The normalized spacial score (nSPS) is 23.6. The van der Waals surface area contributed by atoms with E-state index in [2.05, 4.69) is 47.5 Å². The van der Waals surface area contributed by atoms with Crippen LogP contribution < -0.4 is 11.1 Å². The minimum absolute atomic E-state index is 0.000331. The number of piperidine rings is 1. The second kappa shape index (κ2) is 7.64. The summed E-state index contributed by atoms with van der Waals surface area (Å²) in [5, 5.41) is 3.18. The monoisotopic (exact) mass is 331 g/mol. The summed E-state index contributed by atoms with van der Waals surface area (Å²) in [6.45, 7) is 5.42. The van der Waals surface area contributed by atoms with Gasteiger partial charge in [0.05, 0.1) is 5.54 Å². The van der Waals surface area contributed by atoms with Gasteiger partial charge in [0.15, 0.2) is 0 Å². The summed E-state index contributed by atoms with van der Waals surface area (Å²) in [5.74, 6) is 0.000331. The van der Waals surface area contributed by atoms with Gasteiger partial charge >= 0.3 is 0 Å². The van der Waals surface area contributed by atoms with Gasteiger partial charge < -0.3 is 15.8 Å². The molecular formula is C19H29N3O2. The van der Waals surface area contributed by atoms with Crippen molar-refractivity contribution < 1.29 is 9.53 Å². The molecular weight excluding hydrogens is 302 g/mol. The van der Waals surface area contributed by atoms with Gasteiger partial charge in [0, 0.05) is 38.4 Å². The maximum absolute atomic E-state index is 12.5. The number of hydrogen-bond acceptors (Lipinski definition) is 4. The molecule has 24 heavy (non-hydrogen) atoms. The lowest BCUT2D eigenvalue weighted by Gasteiger charge is -2.38. The summed E-state index contributed by atoms with van der Waals surface area (Å²) in [6, 6.07) is 11.3. The van der Waals surface area contributed by atoms with Crippen LogP contribution in [0, 0.1) is 0 Å². The van der Waals surface area contributed by atoms with E-state index < -0.39 is 5.54 Å². The predicted octanol–water partition coefficient (Wildman–Crippen LogP) is 1.84. The zero-order chi connectivity index (χ0) is 17.0. The van der Waals surface area contributed by atoms with Crippen LogP contribution in [0.4, 0.5) is 0 Å². The molecule has 2 aliphatic heterocycles. The van der Waals surface area contributed by atoms with Crippen molar-refractivity contribution in [3.8, 4) is 0 Å². The summed E-state index contributed by atoms with van der Waals surface area (Å²) in [7, 11) is 0. The lowest BCUT2D eigenvalue weighted by atomic mass is 9.89. The van der Waals surface area contributed by atoms with Gasteiger partial charge in [0.2, 0.25) is 5.91 Å². The third-order valence-electron chi connectivity index (χ3n) is 5.53. The average molecular weight is 331 g/mol. The first-order valence-electron chi connectivity index (χ1n) is 9.05. The quantitative estimate of drug-likeness (QED) is 0.883. The largest absolute Gasteiger partial charge is 0.381 e. The summed E-state index contributed by atoms with van der Waals surface area (Å²) < 4.78 is 5.32. The first kappa shape index (κ1) is 17.4. The maximum atomic E-state index is 12.5. The van der Waals surface area contributed by atoms with E-state index in [4.69, 9.17) is 10.5 Å². The van der Waals surface area contributed by atoms with Crippen molar-refractivity contribution in [3.05, 3.63) is 35.9 Å². The van der Waals surface area contributed by atoms with Gasteiger partial charge in [-0.1, -0.05) is 30.3 Å². The van der Waals surface area contributed by atoms with Crippen molar-refractivity contribution in [2.75, 3.05) is 26.3 Å². The molecule has 1 aromatic carbocycles. The fourth-order valence-electron chi connectivity index (χ4n) is 3.67.